The van der Waals surface area contributed by atoms with Crippen molar-refractivity contribution < 1.29 is 51.1 Å². The summed E-state index contributed by atoms with van der Waals surface area (Å²) in [7, 11) is -12.5. The van der Waals surface area contributed by atoms with E-state index in [1.54, 1.807) is 18.3 Å². The van der Waals surface area contributed by atoms with Crippen LogP contribution in [-0.4, -0.2) is 74.6 Å². The van der Waals surface area contributed by atoms with E-state index in [0.29, 0.717) is 22.4 Å². The van der Waals surface area contributed by atoms with E-state index in [1.165, 1.54) is 17.2 Å². The molecular formula is C18H25N4O11P3. The Morgan fingerprint density at radius 2 is 1.83 bits per heavy atom. The van der Waals surface area contributed by atoms with Gasteiger partial charge < -0.3 is 39.1 Å². The van der Waals surface area contributed by atoms with Crippen LogP contribution in [0.2, 0.25) is 0 Å². The third kappa shape index (κ3) is 5.81. The summed E-state index contributed by atoms with van der Waals surface area (Å²) in [6.45, 7) is 2.07. The van der Waals surface area contributed by atoms with Gasteiger partial charge in [0.15, 0.2) is 6.23 Å². The number of ether oxygens (including phenoxy) is 1. The maximum Gasteiger partial charge on any atom is 0.341 e. The van der Waals surface area contributed by atoms with Crippen LogP contribution >= 0.6 is 22.8 Å². The van der Waals surface area contributed by atoms with Crippen LogP contribution in [0.25, 0.3) is 22.4 Å². The molecular weight excluding hydrogens is 541 g/mol. The topological polar surface area (TPSA) is 219 Å². The van der Waals surface area contributed by atoms with Gasteiger partial charge in [0, 0.05) is 31.8 Å². The highest BCUT2D eigenvalue weighted by atomic mass is 31.3. The summed E-state index contributed by atoms with van der Waals surface area (Å²) >= 11 is 0. The van der Waals surface area contributed by atoms with Crippen LogP contribution in [0.4, 0.5) is 5.82 Å². The van der Waals surface area contributed by atoms with Gasteiger partial charge in [0.25, 0.3) is 0 Å². The lowest BCUT2D eigenvalue weighted by atomic mass is 10.1. The van der Waals surface area contributed by atoms with Crippen LogP contribution in [0.5, 0.6) is 0 Å². The number of hydrogen-bond acceptors (Lipinski definition) is 13. The number of furan rings is 1. The summed E-state index contributed by atoms with van der Waals surface area (Å²) in [4.78, 5) is 17.5. The van der Waals surface area contributed by atoms with Crippen molar-refractivity contribution >= 4 is 39.6 Å². The van der Waals surface area contributed by atoms with E-state index in [9.17, 15) is 28.8 Å². The second-order valence-corrected chi connectivity index (χ2v) is 14.5. The zero-order chi connectivity index (χ0) is 26.5. The van der Waals surface area contributed by atoms with Gasteiger partial charge in [0.1, 0.15) is 41.9 Å². The normalized spacial score (nSPS) is 27.5. The molecule has 0 spiro atoms. The van der Waals surface area contributed by atoms with Crippen molar-refractivity contribution in [2.45, 2.75) is 24.5 Å². The lowest BCUT2D eigenvalue weighted by molar-refractivity contribution is -0.0478. The largest absolute Gasteiger partial charge is 0.464 e. The summed E-state index contributed by atoms with van der Waals surface area (Å²) in [5, 5.41) is 21.7. The van der Waals surface area contributed by atoms with Crippen molar-refractivity contribution in [3.63, 3.8) is 0 Å². The molecule has 15 nitrogen and oxygen atoms in total. The van der Waals surface area contributed by atoms with E-state index >= 15 is 0 Å². The number of rotatable bonds is 9. The maximum absolute atomic E-state index is 12.6. The van der Waals surface area contributed by atoms with Gasteiger partial charge in [-0.3, -0.25) is 13.7 Å². The number of nitrogen functional groups attached to an aromatic ring is 1. The zero-order valence-corrected chi connectivity index (χ0v) is 22.0. The molecule has 0 bridgehead atoms. The minimum Gasteiger partial charge on any atom is -0.464 e. The monoisotopic (exact) mass is 566 g/mol. The second-order valence-electron chi connectivity index (χ2n) is 8.24. The minimum atomic E-state index is -4.23. The molecule has 18 heteroatoms. The molecule has 1 saturated heterocycles. The van der Waals surface area contributed by atoms with Gasteiger partial charge in [-0.05, 0) is 12.1 Å². The summed E-state index contributed by atoms with van der Waals surface area (Å²) in [6.07, 6.45) is -1.03. The number of aliphatic hydroxyl groups excluding tert-OH is 2. The molecule has 36 heavy (non-hydrogen) atoms. The predicted octanol–water partition coefficient (Wildman–Crippen LogP) is 2.40. The van der Waals surface area contributed by atoms with Crippen molar-refractivity contribution in [2.75, 3.05) is 32.3 Å². The van der Waals surface area contributed by atoms with Crippen molar-refractivity contribution in [1.82, 2.24) is 14.5 Å². The Bertz CT molecular complexity index is 1390. The van der Waals surface area contributed by atoms with Gasteiger partial charge in [-0.1, -0.05) is 0 Å². The Labute approximate surface area is 204 Å². The third-order valence-corrected chi connectivity index (χ3v) is 10.5. The molecule has 3 aromatic heterocycles. The molecule has 3 aromatic rings. The lowest BCUT2D eigenvalue weighted by Crippen LogP contribution is -2.33. The Kier molecular flexibility index (Phi) is 7.37. The molecule has 5 N–H and O–H groups in total. The molecule has 4 rings (SSSR count). The summed E-state index contributed by atoms with van der Waals surface area (Å²) < 4.78 is 63.5. The first kappa shape index (κ1) is 27.2. The number of nitrogens with two attached hydrogens (primary N) is 1. The van der Waals surface area contributed by atoms with Gasteiger partial charge >= 0.3 is 22.8 Å². The summed E-state index contributed by atoms with van der Waals surface area (Å²) in [6, 6.07) is 3.38. The SMILES string of the molecule is CP(=O)(O)OP(C)(=O)OP(C)(=O)OCC1OC(n2cc(-c3ccco3)c3c(N)ncnc32)C(O)C1O. The number of aromatic nitrogens is 3. The molecule has 1 fully saturated rings. The first-order valence-electron chi connectivity index (χ1n) is 10.4. The first-order valence-corrected chi connectivity index (χ1v) is 16.4. The van der Waals surface area contributed by atoms with Crippen LogP contribution in [0.15, 0.2) is 35.3 Å². The molecule has 0 saturated carbocycles. The highest BCUT2D eigenvalue weighted by Crippen LogP contribution is 2.67. The van der Waals surface area contributed by atoms with E-state index in [-0.39, 0.29) is 5.82 Å². The standard InChI is InChI=1S/C18H25N4O11P3/c1-34(25,26)32-36(3,28)33-35(2,27)30-8-12-14(23)15(24)18(31-12)22-7-10(11-5-4-6-29-11)13-16(19)20-9-21-17(13)22/h4-7,9,12,14-15,18,23-24H,8H2,1-3H3,(H,25,26)(H2,19,20,21). The van der Waals surface area contributed by atoms with E-state index in [4.69, 9.17) is 23.7 Å². The highest BCUT2D eigenvalue weighted by Gasteiger charge is 2.46. The van der Waals surface area contributed by atoms with Gasteiger partial charge in [0.2, 0.25) is 0 Å². The number of nitrogens with zero attached hydrogens (tertiary/aromatic N) is 3. The van der Waals surface area contributed by atoms with Crippen LogP contribution in [-0.2, 0) is 31.6 Å². The number of anilines is 1. The zero-order valence-electron chi connectivity index (χ0n) is 19.3. The fraction of sp³-hybridized carbons (Fsp3) is 0.444. The average Bonchev–Trinajstić information content (AvgIpc) is 3.44. The van der Waals surface area contributed by atoms with Crippen molar-refractivity contribution in [3.05, 3.63) is 30.9 Å². The Morgan fingerprint density at radius 3 is 2.47 bits per heavy atom. The smallest absolute Gasteiger partial charge is 0.341 e. The third-order valence-electron chi connectivity index (χ3n) is 5.11. The van der Waals surface area contributed by atoms with Gasteiger partial charge in [0.05, 0.1) is 18.3 Å². The van der Waals surface area contributed by atoms with Crippen LogP contribution < -0.4 is 5.73 Å². The number of hydrogen-bond donors (Lipinski definition) is 4. The molecule has 4 heterocycles. The molecule has 198 valence electrons. The highest BCUT2D eigenvalue weighted by molar-refractivity contribution is 7.71. The van der Waals surface area contributed by atoms with E-state index in [1.807, 2.05) is 0 Å². The van der Waals surface area contributed by atoms with Gasteiger partial charge in [-0.15, -0.1) is 0 Å². The Balaban J connectivity index is 1.54. The second kappa shape index (κ2) is 9.77. The van der Waals surface area contributed by atoms with E-state index < -0.39 is 53.9 Å². The Morgan fingerprint density at radius 1 is 1.11 bits per heavy atom. The maximum atomic E-state index is 12.6. The van der Waals surface area contributed by atoms with Gasteiger partial charge in [-0.25, -0.2) is 18.6 Å². The number of fused-ring (bicyclic) bond motifs is 1. The minimum absolute atomic E-state index is 0.160. The first-order chi connectivity index (χ1) is 16.7. The van der Waals surface area contributed by atoms with Crippen molar-refractivity contribution in [3.8, 4) is 11.3 Å². The van der Waals surface area contributed by atoms with Crippen LogP contribution in [0.1, 0.15) is 6.23 Å². The van der Waals surface area contributed by atoms with E-state index in [0.717, 1.165) is 20.0 Å². The van der Waals surface area contributed by atoms with Crippen LogP contribution in [0, 0.1) is 0 Å². The van der Waals surface area contributed by atoms with Crippen molar-refractivity contribution in [2.24, 2.45) is 0 Å². The molecule has 7 atom stereocenters. The summed E-state index contributed by atoms with van der Waals surface area (Å²) in [5.41, 5.74) is 6.89. The lowest BCUT2D eigenvalue weighted by Gasteiger charge is -2.22. The number of aliphatic hydroxyl groups is 2. The summed E-state index contributed by atoms with van der Waals surface area (Å²) in [5.74, 6) is 0.621. The fourth-order valence-corrected chi connectivity index (χ4v) is 9.16. The molecule has 7 unspecified atom stereocenters. The van der Waals surface area contributed by atoms with Crippen LogP contribution in [0.3, 0.4) is 0 Å². The van der Waals surface area contributed by atoms with Gasteiger partial charge in [-0.2, -0.15) is 0 Å². The Hall–Kier alpha value is -1.89. The molecule has 0 radical (unpaired) electrons. The quantitative estimate of drug-likeness (QED) is 0.273. The van der Waals surface area contributed by atoms with Crippen molar-refractivity contribution in [1.29, 1.82) is 0 Å². The molecule has 1 aliphatic rings. The molecule has 1 aliphatic heterocycles. The molecule has 0 aliphatic carbocycles. The predicted molar refractivity (Wildman–Crippen MR) is 126 cm³/mol. The average molecular weight is 566 g/mol. The van der Waals surface area contributed by atoms with E-state index in [2.05, 4.69) is 14.3 Å². The molecule has 0 amide bonds. The fourth-order valence-electron chi connectivity index (χ4n) is 3.81. The molecule has 0 aromatic carbocycles.